The van der Waals surface area contributed by atoms with Crippen LogP contribution in [0.2, 0.25) is 0 Å². The molecule has 0 heterocycles. The molecular formula is C61H46N2. The second-order valence-corrected chi connectivity index (χ2v) is 17.6. The molecule has 0 saturated heterocycles. The van der Waals surface area contributed by atoms with Gasteiger partial charge in [-0.05, 0) is 151 Å². The second kappa shape index (κ2) is 14.8. The van der Waals surface area contributed by atoms with Crippen molar-refractivity contribution in [2.24, 2.45) is 0 Å². The van der Waals surface area contributed by atoms with Crippen LogP contribution < -0.4 is 9.80 Å². The Balaban J connectivity index is 0.997. The molecule has 10 aromatic rings. The number of hydrogen-bond donors (Lipinski definition) is 0. The Hall–Kier alpha value is -7.68. The Labute approximate surface area is 370 Å². The van der Waals surface area contributed by atoms with Crippen LogP contribution in [0.15, 0.2) is 218 Å². The molecule has 0 amide bonds. The summed E-state index contributed by atoms with van der Waals surface area (Å²) in [4.78, 5) is 4.87. The quantitative estimate of drug-likeness (QED) is 0.148. The maximum atomic E-state index is 2.45. The van der Waals surface area contributed by atoms with Crippen molar-refractivity contribution in [3.63, 3.8) is 0 Å². The fraction of sp³-hybridized carbons (Fsp3) is 0.0820. The Bertz CT molecular complexity index is 3370. The van der Waals surface area contributed by atoms with E-state index in [-0.39, 0.29) is 5.41 Å². The zero-order valence-corrected chi connectivity index (χ0v) is 35.6. The van der Waals surface area contributed by atoms with Crippen molar-refractivity contribution in [3.05, 3.63) is 241 Å². The molecule has 0 radical (unpaired) electrons. The van der Waals surface area contributed by atoms with Gasteiger partial charge in [-0.15, -0.1) is 0 Å². The third-order valence-corrected chi connectivity index (χ3v) is 13.7. The van der Waals surface area contributed by atoms with E-state index in [1.807, 2.05) is 0 Å². The predicted molar refractivity (Wildman–Crippen MR) is 267 cm³/mol. The highest BCUT2D eigenvalue weighted by Gasteiger charge is 2.36. The number of aryl methyl sites for hydroxylation is 2. The Morgan fingerprint density at radius 1 is 0.349 bits per heavy atom. The van der Waals surface area contributed by atoms with Gasteiger partial charge in [-0.25, -0.2) is 0 Å². The lowest BCUT2D eigenvalue weighted by Gasteiger charge is -2.31. The van der Waals surface area contributed by atoms with E-state index in [9.17, 15) is 0 Å². The third-order valence-electron chi connectivity index (χ3n) is 13.7. The van der Waals surface area contributed by atoms with Gasteiger partial charge >= 0.3 is 0 Å². The van der Waals surface area contributed by atoms with Gasteiger partial charge in [0.25, 0.3) is 0 Å². The summed E-state index contributed by atoms with van der Waals surface area (Å²) in [6.45, 7) is 4.73. The Kier molecular flexibility index (Phi) is 8.69. The Morgan fingerprint density at radius 3 is 1.67 bits per heavy atom. The molecule has 0 aliphatic heterocycles. The van der Waals surface area contributed by atoms with E-state index in [4.69, 9.17) is 0 Å². The molecule has 0 N–H and O–H groups in total. The summed E-state index contributed by atoms with van der Waals surface area (Å²) in [6.07, 6.45) is 1.94. The summed E-state index contributed by atoms with van der Waals surface area (Å²) in [5, 5.41) is 5.22. The van der Waals surface area contributed by atoms with Gasteiger partial charge in [0.15, 0.2) is 0 Å². The van der Waals surface area contributed by atoms with Gasteiger partial charge in [0.1, 0.15) is 0 Å². The molecule has 0 aromatic heterocycles. The SMILES string of the molecule is CC1(C)c2ccccc2-c2ccc(N(c3ccccc3)c3ccc4c5c(c6ccccc6c4c3)-c3ccc(N(c4ccccc4)c4ccccc4-c4ccccc4)cc3CC5)cc21. The maximum Gasteiger partial charge on any atom is 0.0540 e. The fourth-order valence-corrected chi connectivity index (χ4v) is 10.8. The molecule has 63 heavy (non-hydrogen) atoms. The lowest BCUT2D eigenvalue weighted by atomic mass is 9.79. The van der Waals surface area contributed by atoms with Gasteiger partial charge < -0.3 is 9.80 Å². The van der Waals surface area contributed by atoms with Gasteiger partial charge in [0, 0.05) is 39.4 Å². The minimum Gasteiger partial charge on any atom is -0.310 e. The molecule has 10 aromatic carbocycles. The molecular weight excluding hydrogens is 761 g/mol. The Morgan fingerprint density at radius 2 is 0.905 bits per heavy atom. The zero-order chi connectivity index (χ0) is 42.1. The monoisotopic (exact) mass is 806 g/mol. The van der Waals surface area contributed by atoms with Crippen LogP contribution in [-0.2, 0) is 18.3 Å². The van der Waals surface area contributed by atoms with E-state index in [2.05, 4.69) is 242 Å². The van der Waals surface area contributed by atoms with Crippen molar-refractivity contribution >= 4 is 55.7 Å². The van der Waals surface area contributed by atoms with Crippen molar-refractivity contribution in [3.8, 4) is 33.4 Å². The van der Waals surface area contributed by atoms with Crippen molar-refractivity contribution in [1.82, 2.24) is 0 Å². The summed E-state index contributed by atoms with van der Waals surface area (Å²) in [5.74, 6) is 0. The highest BCUT2D eigenvalue weighted by atomic mass is 15.1. The van der Waals surface area contributed by atoms with Crippen molar-refractivity contribution < 1.29 is 0 Å². The predicted octanol–water partition coefficient (Wildman–Crippen LogP) is 16.7. The number of para-hydroxylation sites is 3. The van der Waals surface area contributed by atoms with Crippen LogP contribution >= 0.6 is 0 Å². The first-order chi connectivity index (χ1) is 31.0. The fourth-order valence-electron chi connectivity index (χ4n) is 10.8. The average Bonchev–Trinajstić information content (AvgIpc) is 3.57. The van der Waals surface area contributed by atoms with Crippen molar-refractivity contribution in [1.29, 1.82) is 0 Å². The molecule has 2 nitrogen and oxygen atoms in total. The van der Waals surface area contributed by atoms with E-state index >= 15 is 0 Å². The van der Waals surface area contributed by atoms with Crippen molar-refractivity contribution in [2.75, 3.05) is 9.80 Å². The van der Waals surface area contributed by atoms with Crippen LogP contribution in [0, 0.1) is 0 Å². The van der Waals surface area contributed by atoms with Crippen LogP contribution in [0.4, 0.5) is 34.1 Å². The topological polar surface area (TPSA) is 6.48 Å². The molecule has 0 saturated carbocycles. The summed E-state index contributed by atoms with van der Waals surface area (Å²) < 4.78 is 0. The van der Waals surface area contributed by atoms with E-state index in [1.54, 1.807) is 0 Å². The molecule has 0 unspecified atom stereocenters. The highest BCUT2D eigenvalue weighted by Crippen LogP contribution is 2.52. The van der Waals surface area contributed by atoms with Crippen molar-refractivity contribution in [2.45, 2.75) is 32.1 Å². The number of anilines is 6. The smallest absolute Gasteiger partial charge is 0.0540 e. The second-order valence-electron chi connectivity index (χ2n) is 17.6. The minimum absolute atomic E-state index is 0.0908. The first kappa shape index (κ1) is 37.1. The molecule has 300 valence electrons. The van der Waals surface area contributed by atoms with E-state index < -0.39 is 0 Å². The molecule has 0 fully saturated rings. The summed E-state index contributed by atoms with van der Waals surface area (Å²) in [6, 6.07) is 80.6. The van der Waals surface area contributed by atoms with Crippen LogP contribution in [-0.4, -0.2) is 0 Å². The zero-order valence-electron chi connectivity index (χ0n) is 35.6. The van der Waals surface area contributed by atoms with Gasteiger partial charge in [-0.2, -0.15) is 0 Å². The normalized spacial score (nSPS) is 13.2. The maximum absolute atomic E-state index is 2.45. The molecule has 12 rings (SSSR count). The van der Waals surface area contributed by atoms with Gasteiger partial charge in [-0.1, -0.05) is 166 Å². The van der Waals surface area contributed by atoms with Crippen LogP contribution in [0.25, 0.3) is 54.9 Å². The van der Waals surface area contributed by atoms with Gasteiger partial charge in [-0.3, -0.25) is 0 Å². The number of hydrogen-bond acceptors (Lipinski definition) is 2. The molecule has 0 spiro atoms. The third kappa shape index (κ3) is 6.01. The highest BCUT2D eigenvalue weighted by molar-refractivity contribution is 6.17. The van der Waals surface area contributed by atoms with Crippen LogP contribution in [0.5, 0.6) is 0 Å². The number of fused-ring (bicyclic) bond motifs is 11. The molecule has 2 heteroatoms. The summed E-state index contributed by atoms with van der Waals surface area (Å²) in [5.41, 5.74) is 20.2. The number of nitrogens with zero attached hydrogens (tertiary/aromatic N) is 2. The van der Waals surface area contributed by atoms with Crippen LogP contribution in [0.1, 0.15) is 36.1 Å². The number of rotatable bonds is 7. The summed E-state index contributed by atoms with van der Waals surface area (Å²) >= 11 is 0. The first-order valence-electron chi connectivity index (χ1n) is 22.2. The largest absolute Gasteiger partial charge is 0.310 e. The molecule has 0 bridgehead atoms. The summed E-state index contributed by atoms with van der Waals surface area (Å²) in [7, 11) is 0. The lowest BCUT2D eigenvalue weighted by molar-refractivity contribution is 0.660. The van der Waals surface area contributed by atoms with Crippen LogP contribution in [0.3, 0.4) is 0 Å². The molecule has 2 aliphatic carbocycles. The average molecular weight is 807 g/mol. The standard InChI is InChI=1S/C61H46N2/c1-61(2)57-28-16-14-26-52(57)53-37-33-47(40-58(53)61)62(43-20-8-4-9-21-43)46-32-36-51-55-34-30-42-38-45(31-35-49(42)60(55)54-27-13-12-25-50(54)56(51)39-46)63(44-22-10-5-11-23-44)59-29-17-15-24-48(59)41-18-6-3-7-19-41/h3-29,31-33,35-40H,30,34H2,1-2H3. The molecule has 2 aliphatic rings. The van der Waals surface area contributed by atoms with E-state index in [0.717, 1.165) is 35.6 Å². The van der Waals surface area contributed by atoms with Gasteiger partial charge in [0.2, 0.25) is 0 Å². The van der Waals surface area contributed by atoms with Gasteiger partial charge in [0.05, 0.1) is 5.69 Å². The minimum atomic E-state index is -0.0908. The molecule has 0 atom stereocenters. The van der Waals surface area contributed by atoms with E-state index in [0.29, 0.717) is 0 Å². The lowest BCUT2D eigenvalue weighted by Crippen LogP contribution is -2.16. The number of benzene rings is 10. The van der Waals surface area contributed by atoms with E-state index in [1.165, 1.54) is 88.6 Å². The first-order valence-corrected chi connectivity index (χ1v) is 22.2.